The third-order valence-corrected chi connectivity index (χ3v) is 4.11. The van der Waals surface area contributed by atoms with E-state index in [4.69, 9.17) is 21.1 Å². The molecule has 0 radical (unpaired) electrons. The summed E-state index contributed by atoms with van der Waals surface area (Å²) in [7, 11) is 0. The van der Waals surface area contributed by atoms with Crippen LogP contribution in [-0.4, -0.2) is 18.7 Å². The first-order valence-electron chi connectivity index (χ1n) is 8.77. The van der Waals surface area contributed by atoms with Crippen molar-refractivity contribution in [1.29, 1.82) is 0 Å². The standard InChI is InChI=1S/C22H18ClFN2O3/c23-20-3-1-2-4-21(20)29-15-22(27)26-25-13-16-7-11-19(12-8-16)28-14-17-5-9-18(24)10-6-17/h1-13H,14-15H2,(H,26,27)/b25-13-. The van der Waals surface area contributed by atoms with Gasteiger partial charge in [-0.1, -0.05) is 35.9 Å². The summed E-state index contributed by atoms with van der Waals surface area (Å²) in [5, 5.41) is 4.33. The number of nitrogens with zero attached hydrogens (tertiary/aromatic N) is 1. The second-order valence-electron chi connectivity index (χ2n) is 6.00. The molecule has 3 rings (SSSR count). The molecule has 1 N–H and O–H groups in total. The monoisotopic (exact) mass is 412 g/mol. The number of carbonyl (C=O) groups excluding carboxylic acids is 1. The summed E-state index contributed by atoms with van der Waals surface area (Å²) in [5.41, 5.74) is 4.04. The highest BCUT2D eigenvalue weighted by Gasteiger charge is 2.04. The van der Waals surface area contributed by atoms with Gasteiger partial charge in [0.1, 0.15) is 23.9 Å². The van der Waals surface area contributed by atoms with E-state index in [1.165, 1.54) is 18.3 Å². The molecular weight excluding hydrogens is 395 g/mol. The summed E-state index contributed by atoms with van der Waals surface area (Å²) in [6.45, 7) is 0.145. The fourth-order valence-corrected chi connectivity index (χ4v) is 2.50. The van der Waals surface area contributed by atoms with Gasteiger partial charge in [0.2, 0.25) is 0 Å². The topological polar surface area (TPSA) is 59.9 Å². The van der Waals surface area contributed by atoms with Crippen LogP contribution in [0.1, 0.15) is 11.1 Å². The Kier molecular flexibility index (Phi) is 7.19. The maximum absolute atomic E-state index is 12.9. The predicted molar refractivity (Wildman–Crippen MR) is 110 cm³/mol. The lowest BCUT2D eigenvalue weighted by molar-refractivity contribution is -0.123. The van der Waals surface area contributed by atoms with Crippen molar-refractivity contribution in [3.8, 4) is 11.5 Å². The Hall–Kier alpha value is -3.38. The molecule has 7 heteroatoms. The van der Waals surface area contributed by atoms with Gasteiger partial charge in [0.15, 0.2) is 6.61 Å². The third-order valence-electron chi connectivity index (χ3n) is 3.80. The number of rotatable bonds is 8. The summed E-state index contributed by atoms with van der Waals surface area (Å²) in [4.78, 5) is 11.8. The third kappa shape index (κ3) is 6.62. The number of halogens is 2. The molecule has 0 saturated carbocycles. The Bertz CT molecular complexity index is 976. The molecule has 148 valence electrons. The second kappa shape index (κ2) is 10.2. The molecule has 0 spiro atoms. The SMILES string of the molecule is O=C(COc1ccccc1Cl)N/N=C\c1ccc(OCc2ccc(F)cc2)cc1. The van der Waals surface area contributed by atoms with Gasteiger partial charge < -0.3 is 9.47 Å². The van der Waals surface area contributed by atoms with Crippen LogP contribution < -0.4 is 14.9 Å². The van der Waals surface area contributed by atoms with Crippen molar-refractivity contribution >= 4 is 23.7 Å². The molecule has 0 saturated heterocycles. The Balaban J connectivity index is 1.42. The molecule has 0 aliphatic heterocycles. The molecule has 3 aromatic rings. The lowest BCUT2D eigenvalue weighted by Crippen LogP contribution is -2.24. The van der Waals surface area contributed by atoms with Crippen LogP contribution in [0.25, 0.3) is 0 Å². The number of nitrogens with one attached hydrogen (secondary N) is 1. The van der Waals surface area contributed by atoms with Gasteiger partial charge in [-0.15, -0.1) is 0 Å². The van der Waals surface area contributed by atoms with Crippen LogP contribution in [0.2, 0.25) is 5.02 Å². The first-order valence-corrected chi connectivity index (χ1v) is 9.14. The van der Waals surface area contributed by atoms with Crippen molar-refractivity contribution in [2.75, 3.05) is 6.61 Å². The molecule has 0 atom stereocenters. The van der Waals surface area contributed by atoms with E-state index in [1.54, 1.807) is 60.7 Å². The molecule has 0 heterocycles. The molecule has 5 nitrogen and oxygen atoms in total. The molecule has 0 unspecified atom stereocenters. The van der Waals surface area contributed by atoms with E-state index in [2.05, 4.69) is 10.5 Å². The van der Waals surface area contributed by atoms with E-state index < -0.39 is 5.91 Å². The largest absolute Gasteiger partial charge is 0.489 e. The first-order chi connectivity index (χ1) is 14.1. The van der Waals surface area contributed by atoms with Crippen LogP contribution in [0.3, 0.4) is 0 Å². The van der Waals surface area contributed by atoms with Crippen LogP contribution in [0.15, 0.2) is 77.9 Å². The van der Waals surface area contributed by atoms with Crippen LogP contribution in [-0.2, 0) is 11.4 Å². The molecule has 0 bridgehead atoms. The second-order valence-corrected chi connectivity index (χ2v) is 6.40. The molecule has 1 amide bonds. The minimum absolute atomic E-state index is 0.197. The van der Waals surface area contributed by atoms with Crippen LogP contribution in [0, 0.1) is 5.82 Å². The van der Waals surface area contributed by atoms with Crippen molar-refractivity contribution in [2.45, 2.75) is 6.61 Å². The first kappa shape index (κ1) is 20.4. The fraction of sp³-hybridized carbons (Fsp3) is 0.0909. The highest BCUT2D eigenvalue weighted by atomic mass is 35.5. The smallest absolute Gasteiger partial charge is 0.277 e. The molecule has 0 aliphatic carbocycles. The minimum Gasteiger partial charge on any atom is -0.489 e. The van der Waals surface area contributed by atoms with Crippen LogP contribution in [0.5, 0.6) is 11.5 Å². The van der Waals surface area contributed by atoms with Gasteiger partial charge in [-0.3, -0.25) is 4.79 Å². The number of amides is 1. The van der Waals surface area contributed by atoms with Gasteiger partial charge in [-0.05, 0) is 59.7 Å². The summed E-state index contributed by atoms with van der Waals surface area (Å²) in [5.74, 6) is 0.425. The number of hydrogen-bond acceptors (Lipinski definition) is 4. The van der Waals surface area contributed by atoms with Gasteiger partial charge in [0, 0.05) is 0 Å². The molecular formula is C22H18ClFN2O3. The molecule has 3 aromatic carbocycles. The Morgan fingerprint density at radius 3 is 2.45 bits per heavy atom. The number of carbonyl (C=O) groups is 1. The van der Waals surface area contributed by atoms with Gasteiger partial charge >= 0.3 is 0 Å². The summed E-state index contributed by atoms with van der Waals surface area (Å²) in [6.07, 6.45) is 1.51. The normalized spacial score (nSPS) is 10.7. The van der Waals surface area contributed by atoms with Gasteiger partial charge in [-0.2, -0.15) is 5.10 Å². The number of para-hydroxylation sites is 1. The van der Waals surface area contributed by atoms with Crippen molar-refractivity contribution in [3.05, 3.63) is 94.8 Å². The maximum Gasteiger partial charge on any atom is 0.277 e. The predicted octanol–water partition coefficient (Wildman–Crippen LogP) is 4.59. The summed E-state index contributed by atoms with van der Waals surface area (Å²) < 4.78 is 23.9. The van der Waals surface area contributed by atoms with Crippen LogP contribution >= 0.6 is 11.6 Å². The highest BCUT2D eigenvalue weighted by molar-refractivity contribution is 6.32. The average molecular weight is 413 g/mol. The summed E-state index contributed by atoms with van der Waals surface area (Å²) in [6, 6.07) is 20.2. The highest BCUT2D eigenvalue weighted by Crippen LogP contribution is 2.22. The zero-order valence-electron chi connectivity index (χ0n) is 15.3. The maximum atomic E-state index is 12.9. The number of benzene rings is 3. The lowest BCUT2D eigenvalue weighted by atomic mass is 10.2. The number of hydrazone groups is 1. The average Bonchev–Trinajstić information content (AvgIpc) is 2.74. The zero-order chi connectivity index (χ0) is 20.5. The Morgan fingerprint density at radius 1 is 1.00 bits per heavy atom. The van der Waals surface area contributed by atoms with Crippen molar-refractivity contribution in [1.82, 2.24) is 5.43 Å². The molecule has 0 aliphatic rings. The van der Waals surface area contributed by atoms with E-state index in [1.807, 2.05) is 0 Å². The fourth-order valence-electron chi connectivity index (χ4n) is 2.31. The van der Waals surface area contributed by atoms with E-state index in [0.717, 1.165) is 11.1 Å². The van der Waals surface area contributed by atoms with E-state index in [0.29, 0.717) is 23.1 Å². The zero-order valence-corrected chi connectivity index (χ0v) is 16.1. The van der Waals surface area contributed by atoms with Crippen LogP contribution in [0.4, 0.5) is 4.39 Å². The summed E-state index contributed by atoms with van der Waals surface area (Å²) >= 11 is 5.96. The van der Waals surface area contributed by atoms with Gasteiger partial charge in [0.05, 0.1) is 11.2 Å². The van der Waals surface area contributed by atoms with Gasteiger partial charge in [0.25, 0.3) is 5.91 Å². The van der Waals surface area contributed by atoms with Crippen molar-refractivity contribution in [3.63, 3.8) is 0 Å². The van der Waals surface area contributed by atoms with E-state index >= 15 is 0 Å². The van der Waals surface area contributed by atoms with Gasteiger partial charge in [-0.25, -0.2) is 9.82 Å². The van der Waals surface area contributed by atoms with Crippen molar-refractivity contribution in [2.24, 2.45) is 5.10 Å². The van der Waals surface area contributed by atoms with Crippen molar-refractivity contribution < 1.29 is 18.7 Å². The molecule has 0 fully saturated rings. The molecule has 0 aromatic heterocycles. The van der Waals surface area contributed by atoms with E-state index in [-0.39, 0.29) is 12.4 Å². The Morgan fingerprint density at radius 2 is 1.72 bits per heavy atom. The Labute approximate surface area is 172 Å². The quantitative estimate of drug-likeness (QED) is 0.435. The minimum atomic E-state index is -0.402. The number of hydrogen-bond donors (Lipinski definition) is 1. The molecule has 29 heavy (non-hydrogen) atoms. The lowest BCUT2D eigenvalue weighted by Gasteiger charge is -2.07. The van der Waals surface area contributed by atoms with E-state index in [9.17, 15) is 9.18 Å². The number of ether oxygens (including phenoxy) is 2.